The van der Waals surface area contributed by atoms with Gasteiger partial charge in [0, 0.05) is 26.2 Å². The van der Waals surface area contributed by atoms with E-state index < -0.39 is 11.4 Å². The Hall–Kier alpha value is -1.27. The summed E-state index contributed by atoms with van der Waals surface area (Å²) in [6, 6.07) is 0. The van der Waals surface area contributed by atoms with Gasteiger partial charge in [0.05, 0.1) is 6.20 Å². The van der Waals surface area contributed by atoms with Gasteiger partial charge in [-0.15, -0.1) is 0 Å². The lowest BCUT2D eigenvalue weighted by Gasteiger charge is -2.21. The maximum Gasteiger partial charge on any atom is 0.225 e. The summed E-state index contributed by atoms with van der Waals surface area (Å²) in [4.78, 5) is 10.4. The number of nitrogens with one attached hydrogen (secondary N) is 1. The Morgan fingerprint density at radius 2 is 2.00 bits per heavy atom. The molecule has 0 bridgehead atoms. The van der Waals surface area contributed by atoms with Gasteiger partial charge >= 0.3 is 0 Å². The zero-order valence-electron chi connectivity index (χ0n) is 11.2. The lowest BCUT2D eigenvalue weighted by molar-refractivity contribution is 0.0693. The Labute approximate surface area is 111 Å². The highest BCUT2D eigenvalue weighted by atomic mass is 19.1. The zero-order chi connectivity index (χ0) is 13.6. The predicted molar refractivity (Wildman–Crippen MR) is 69.3 cm³/mol. The maximum absolute atomic E-state index is 13.7. The van der Waals surface area contributed by atoms with E-state index in [1.165, 1.54) is 13.8 Å². The Morgan fingerprint density at radius 1 is 1.37 bits per heavy atom. The largest absolute Gasteiger partial charge is 0.384 e. The highest BCUT2D eigenvalue weighted by Gasteiger charge is 2.37. The van der Waals surface area contributed by atoms with Crippen LogP contribution in [0.1, 0.15) is 19.5 Å². The van der Waals surface area contributed by atoms with Crippen molar-refractivity contribution in [2.45, 2.75) is 19.4 Å². The second-order valence-electron chi connectivity index (χ2n) is 6.01. The van der Waals surface area contributed by atoms with Gasteiger partial charge in [0.2, 0.25) is 5.95 Å². The second-order valence-corrected chi connectivity index (χ2v) is 6.01. The molecular weight excluding hydrogens is 247 g/mol. The molecule has 2 unspecified atom stereocenters. The summed E-state index contributed by atoms with van der Waals surface area (Å²) in [7, 11) is 0. The number of aromatic nitrogens is 2. The predicted octanol–water partition coefficient (Wildman–Crippen LogP) is 0.499. The Morgan fingerprint density at radius 3 is 2.58 bits per heavy atom. The van der Waals surface area contributed by atoms with E-state index in [2.05, 4.69) is 20.2 Å². The SMILES string of the molecule is CC(C)(O)c1nc(N2CC3CNCC3C2)ncc1F. The first kappa shape index (κ1) is 12.7. The molecule has 2 atom stereocenters. The van der Waals surface area contributed by atoms with Crippen molar-refractivity contribution in [2.24, 2.45) is 11.8 Å². The van der Waals surface area contributed by atoms with Crippen molar-refractivity contribution >= 4 is 5.95 Å². The summed E-state index contributed by atoms with van der Waals surface area (Å²) in [6.45, 7) is 6.92. The minimum absolute atomic E-state index is 0.0627. The molecule has 19 heavy (non-hydrogen) atoms. The average Bonchev–Trinajstić information content (AvgIpc) is 2.88. The van der Waals surface area contributed by atoms with E-state index in [0.717, 1.165) is 32.4 Å². The molecule has 3 heterocycles. The van der Waals surface area contributed by atoms with Gasteiger partial charge in [0.25, 0.3) is 0 Å². The molecular formula is C13H19FN4O. The van der Waals surface area contributed by atoms with E-state index in [9.17, 15) is 9.50 Å². The Kier molecular flexibility index (Phi) is 2.94. The molecule has 2 aliphatic rings. The van der Waals surface area contributed by atoms with E-state index in [0.29, 0.717) is 17.8 Å². The quantitative estimate of drug-likeness (QED) is 0.816. The van der Waals surface area contributed by atoms with E-state index in [1.54, 1.807) is 0 Å². The van der Waals surface area contributed by atoms with Gasteiger partial charge in [-0.3, -0.25) is 0 Å². The standard InChI is InChI=1S/C13H19FN4O/c1-13(2,19)11-10(14)5-16-12(17-11)18-6-8-3-15-4-9(8)7-18/h5,8-9,15,19H,3-4,6-7H2,1-2H3. The van der Waals surface area contributed by atoms with Crippen LogP contribution in [0.2, 0.25) is 0 Å². The molecule has 0 radical (unpaired) electrons. The second kappa shape index (κ2) is 4.38. The zero-order valence-corrected chi connectivity index (χ0v) is 11.2. The van der Waals surface area contributed by atoms with Gasteiger partial charge in [0.15, 0.2) is 5.82 Å². The fourth-order valence-corrected chi connectivity index (χ4v) is 2.96. The molecule has 0 saturated carbocycles. The smallest absolute Gasteiger partial charge is 0.225 e. The van der Waals surface area contributed by atoms with Crippen molar-refractivity contribution < 1.29 is 9.50 Å². The van der Waals surface area contributed by atoms with Gasteiger partial charge in [-0.25, -0.2) is 14.4 Å². The molecule has 3 rings (SSSR count). The van der Waals surface area contributed by atoms with Crippen LogP contribution in [0.15, 0.2) is 6.20 Å². The van der Waals surface area contributed by atoms with Crippen LogP contribution in [-0.4, -0.2) is 41.3 Å². The molecule has 6 heteroatoms. The molecule has 0 spiro atoms. The van der Waals surface area contributed by atoms with Crippen LogP contribution < -0.4 is 10.2 Å². The minimum Gasteiger partial charge on any atom is -0.384 e. The third kappa shape index (κ3) is 2.30. The monoisotopic (exact) mass is 266 g/mol. The molecule has 1 aromatic rings. The highest BCUT2D eigenvalue weighted by molar-refractivity contribution is 5.34. The summed E-state index contributed by atoms with van der Waals surface area (Å²) in [6.07, 6.45) is 1.15. The number of hydrogen-bond acceptors (Lipinski definition) is 5. The Bertz CT molecular complexity index is 476. The van der Waals surface area contributed by atoms with Crippen molar-refractivity contribution in [3.8, 4) is 0 Å². The van der Waals surface area contributed by atoms with Crippen molar-refractivity contribution in [3.05, 3.63) is 17.7 Å². The lowest BCUT2D eigenvalue weighted by Crippen LogP contribution is -2.29. The van der Waals surface area contributed by atoms with Crippen LogP contribution >= 0.6 is 0 Å². The normalized spacial score (nSPS) is 26.8. The molecule has 0 aromatic carbocycles. The molecule has 2 aliphatic heterocycles. The number of rotatable bonds is 2. The van der Waals surface area contributed by atoms with Gasteiger partial charge < -0.3 is 15.3 Å². The molecule has 5 nitrogen and oxygen atoms in total. The van der Waals surface area contributed by atoms with Crippen molar-refractivity contribution in [1.82, 2.24) is 15.3 Å². The maximum atomic E-state index is 13.7. The van der Waals surface area contributed by atoms with E-state index in [4.69, 9.17) is 0 Å². The average molecular weight is 266 g/mol. The molecule has 1 aromatic heterocycles. The first-order chi connectivity index (χ1) is 8.95. The van der Waals surface area contributed by atoms with Gasteiger partial charge in [-0.1, -0.05) is 0 Å². The molecule has 0 amide bonds. The fourth-order valence-electron chi connectivity index (χ4n) is 2.96. The number of anilines is 1. The fraction of sp³-hybridized carbons (Fsp3) is 0.692. The van der Waals surface area contributed by atoms with Gasteiger partial charge in [-0.05, 0) is 25.7 Å². The van der Waals surface area contributed by atoms with Crippen molar-refractivity contribution in [2.75, 3.05) is 31.1 Å². The number of nitrogens with zero attached hydrogens (tertiary/aromatic N) is 3. The first-order valence-corrected chi connectivity index (χ1v) is 6.66. The van der Waals surface area contributed by atoms with Crippen LogP contribution in [0.3, 0.4) is 0 Å². The van der Waals surface area contributed by atoms with E-state index in [-0.39, 0.29) is 5.69 Å². The molecule has 2 N–H and O–H groups in total. The lowest BCUT2D eigenvalue weighted by atomic mass is 10.0. The number of fused-ring (bicyclic) bond motifs is 1. The van der Waals surface area contributed by atoms with E-state index in [1.807, 2.05) is 0 Å². The molecule has 0 aliphatic carbocycles. The summed E-state index contributed by atoms with van der Waals surface area (Å²) in [5.74, 6) is 1.21. The number of hydrogen-bond donors (Lipinski definition) is 2. The van der Waals surface area contributed by atoms with Crippen LogP contribution in [0, 0.1) is 17.7 Å². The summed E-state index contributed by atoms with van der Waals surface area (Å²) in [5.41, 5.74) is -1.23. The first-order valence-electron chi connectivity index (χ1n) is 6.66. The number of aliphatic hydroxyl groups is 1. The van der Waals surface area contributed by atoms with E-state index >= 15 is 0 Å². The third-order valence-corrected chi connectivity index (χ3v) is 3.98. The van der Waals surface area contributed by atoms with Crippen LogP contribution in [0.5, 0.6) is 0 Å². The molecule has 104 valence electrons. The van der Waals surface area contributed by atoms with Crippen LogP contribution in [0.25, 0.3) is 0 Å². The molecule has 2 fully saturated rings. The molecule has 2 saturated heterocycles. The third-order valence-electron chi connectivity index (χ3n) is 3.98. The minimum atomic E-state index is -1.29. The highest BCUT2D eigenvalue weighted by Crippen LogP contribution is 2.30. The summed E-state index contributed by atoms with van der Waals surface area (Å²) < 4.78 is 13.7. The van der Waals surface area contributed by atoms with Crippen molar-refractivity contribution in [3.63, 3.8) is 0 Å². The van der Waals surface area contributed by atoms with Crippen LogP contribution in [-0.2, 0) is 5.60 Å². The number of halogens is 1. The summed E-state index contributed by atoms with van der Waals surface area (Å²) >= 11 is 0. The van der Waals surface area contributed by atoms with Gasteiger partial charge in [-0.2, -0.15) is 0 Å². The van der Waals surface area contributed by atoms with Crippen molar-refractivity contribution in [1.29, 1.82) is 0 Å². The summed E-state index contributed by atoms with van der Waals surface area (Å²) in [5, 5.41) is 13.3. The topological polar surface area (TPSA) is 61.3 Å². The Balaban J connectivity index is 1.86. The van der Waals surface area contributed by atoms with Gasteiger partial charge in [0.1, 0.15) is 11.3 Å². The van der Waals surface area contributed by atoms with Crippen LogP contribution in [0.4, 0.5) is 10.3 Å².